The number of benzene rings is 2. The first-order valence-electron chi connectivity index (χ1n) is 10.2. The third kappa shape index (κ3) is 9.46. The first kappa shape index (κ1) is 31.1. The van der Waals surface area contributed by atoms with Crippen LogP contribution in [0.3, 0.4) is 0 Å². The van der Waals surface area contributed by atoms with E-state index in [1.54, 1.807) is 23.3 Å². The number of hydrogen-bond acceptors (Lipinski definition) is 0. The molecule has 164 valence electrons. The number of hydrogen-bond donors (Lipinski definition) is 0. The van der Waals surface area contributed by atoms with Crippen molar-refractivity contribution in [1.29, 1.82) is 0 Å². The quantitative estimate of drug-likeness (QED) is 0.133. The van der Waals surface area contributed by atoms with Crippen LogP contribution in [-0.4, -0.2) is 5.43 Å². The molecule has 0 aromatic heterocycles. The average molecular weight is 732 g/mol. The van der Waals surface area contributed by atoms with Gasteiger partial charge in [0, 0.05) is 0 Å². The number of aryl methyl sites for hydroxylation is 1. The maximum Gasteiger partial charge on any atom is -0.0279 e. The van der Waals surface area contributed by atoms with Gasteiger partial charge in [0.2, 0.25) is 0 Å². The van der Waals surface area contributed by atoms with E-state index in [0.717, 1.165) is 0 Å². The van der Waals surface area contributed by atoms with Crippen LogP contribution in [0.2, 0.25) is 13.1 Å². The molecule has 0 saturated carbocycles. The molecule has 0 heterocycles. The van der Waals surface area contributed by atoms with Crippen LogP contribution in [0.25, 0.3) is 21.9 Å². The topological polar surface area (TPSA) is 0 Å². The van der Waals surface area contributed by atoms with Crippen molar-refractivity contribution < 1.29 is 23.3 Å². The Labute approximate surface area is 238 Å². The van der Waals surface area contributed by atoms with Crippen LogP contribution < -0.4 is 0 Å². The summed E-state index contributed by atoms with van der Waals surface area (Å²) in [5.41, 5.74) is 8.40. The monoisotopic (exact) mass is 730 g/mol. The molecular weight excluding hydrogens is 697 g/mol. The summed E-state index contributed by atoms with van der Waals surface area (Å²) in [4.78, 5) is 0. The largest absolute Gasteiger partial charge is 0.165 e. The zero-order valence-electron chi connectivity index (χ0n) is 19.7. The second-order valence-corrected chi connectivity index (χ2v) is 17.4. The average Bonchev–Trinajstić information content (AvgIpc) is 3.16. The Hall–Kier alpha value is 0.0900. The summed E-state index contributed by atoms with van der Waals surface area (Å²) < 4.78 is 0. The standard InChI is InChI=1S/C16H13.C9H13.C2H6Si.2HI.Zr/c1-12-10-14-8-5-9-15(16(14)11-12)13-6-3-2-4-7-13;1-6-5-7(2)9(4)8(6)3;1-3-2;;;/h2-11H,1H3;6H,1-4H3;1-2H3;2*1H;/q2*-1;;;;+2. The predicted octanol–water partition coefficient (Wildman–Crippen LogP) is 9.28. The van der Waals surface area contributed by atoms with Gasteiger partial charge < -0.3 is 0 Å². The van der Waals surface area contributed by atoms with Gasteiger partial charge >= 0.3 is 41.9 Å². The Kier molecular flexibility index (Phi) is 15.1. The van der Waals surface area contributed by atoms with Crippen molar-refractivity contribution in [3.63, 3.8) is 0 Å². The van der Waals surface area contributed by atoms with Crippen molar-refractivity contribution in [2.24, 2.45) is 5.92 Å². The molecule has 1 aliphatic rings. The van der Waals surface area contributed by atoms with E-state index in [4.69, 9.17) is 0 Å². The molecule has 0 bridgehead atoms. The molecule has 0 fully saturated rings. The van der Waals surface area contributed by atoms with Crippen molar-refractivity contribution in [2.45, 2.75) is 47.7 Å². The van der Waals surface area contributed by atoms with E-state index in [2.05, 4.69) is 114 Å². The van der Waals surface area contributed by atoms with Crippen LogP contribution in [0.5, 0.6) is 0 Å². The Morgan fingerprint density at radius 1 is 0.903 bits per heavy atom. The van der Waals surface area contributed by atoms with Gasteiger partial charge in [-0.3, -0.25) is 6.08 Å². The summed E-state index contributed by atoms with van der Waals surface area (Å²) in [7, 11) is 0. The van der Waals surface area contributed by atoms with Gasteiger partial charge in [-0.25, -0.2) is 5.57 Å². The maximum atomic E-state index is 3.36. The van der Waals surface area contributed by atoms with E-state index in [0.29, 0.717) is 5.92 Å². The summed E-state index contributed by atoms with van der Waals surface area (Å²) in [6.45, 7) is 15.4. The molecule has 0 aliphatic heterocycles. The van der Waals surface area contributed by atoms with Gasteiger partial charge in [0.1, 0.15) is 0 Å². The summed E-state index contributed by atoms with van der Waals surface area (Å²) in [6.07, 6.45) is 3.36. The molecular formula is C27H34I2SiZr. The molecule has 1 aliphatic carbocycles. The molecule has 3 aromatic rings. The van der Waals surface area contributed by atoms with Gasteiger partial charge in [-0.15, -0.1) is 89.4 Å². The normalized spacial score (nSPS) is 14.4. The first-order valence-corrected chi connectivity index (χ1v) is 16.4. The molecule has 0 spiro atoms. The summed E-state index contributed by atoms with van der Waals surface area (Å²) in [5.74, 6) is 0.560. The SMILES string of the molecule is CC1=[C-]C(C)C(C)=C1C.C[Si](C)=[Zr+2].Cc1cc2c(-c3ccccc3)cccc2[cH-]1.I.I. The van der Waals surface area contributed by atoms with Crippen LogP contribution in [0.15, 0.2) is 77.4 Å². The van der Waals surface area contributed by atoms with Crippen molar-refractivity contribution >= 4 is 64.2 Å². The summed E-state index contributed by atoms with van der Waals surface area (Å²) >= 11 is 1.74. The predicted molar refractivity (Wildman–Crippen MR) is 158 cm³/mol. The minimum Gasteiger partial charge on any atom is -0.165 e. The molecule has 4 heteroatoms. The Morgan fingerprint density at radius 3 is 1.94 bits per heavy atom. The van der Waals surface area contributed by atoms with Gasteiger partial charge in [-0.1, -0.05) is 75.6 Å². The van der Waals surface area contributed by atoms with E-state index in [1.807, 2.05) is 0 Å². The number of rotatable bonds is 1. The van der Waals surface area contributed by atoms with Gasteiger partial charge in [-0.2, -0.15) is 17.2 Å². The van der Waals surface area contributed by atoms with E-state index in [1.165, 1.54) is 44.2 Å². The molecule has 0 amide bonds. The number of halogens is 2. The zero-order valence-corrected chi connectivity index (χ0v) is 27.8. The Bertz CT molecular complexity index is 1040. The first-order chi connectivity index (χ1) is 13.7. The molecule has 1 unspecified atom stereocenters. The molecule has 0 nitrogen and oxygen atoms in total. The third-order valence-electron chi connectivity index (χ3n) is 5.22. The molecule has 0 N–H and O–H groups in total. The van der Waals surface area contributed by atoms with Gasteiger partial charge in [-0.05, 0) is 5.56 Å². The molecule has 0 saturated heterocycles. The van der Waals surface area contributed by atoms with Crippen molar-refractivity contribution in [3.05, 3.63) is 89.0 Å². The van der Waals surface area contributed by atoms with Gasteiger partial charge in [0.15, 0.2) is 0 Å². The maximum absolute atomic E-state index is 3.36. The summed E-state index contributed by atoms with van der Waals surface area (Å²) in [6, 6.07) is 21.6. The minimum atomic E-state index is 0. The number of fused-ring (bicyclic) bond motifs is 1. The van der Waals surface area contributed by atoms with Crippen molar-refractivity contribution in [2.75, 3.05) is 0 Å². The van der Waals surface area contributed by atoms with Crippen LogP contribution in [0.4, 0.5) is 0 Å². The van der Waals surface area contributed by atoms with E-state index in [9.17, 15) is 0 Å². The fourth-order valence-electron chi connectivity index (χ4n) is 3.42. The van der Waals surface area contributed by atoms with E-state index < -0.39 is 0 Å². The molecule has 0 radical (unpaired) electrons. The fraction of sp³-hybridized carbons (Fsp3) is 0.296. The van der Waals surface area contributed by atoms with E-state index in [-0.39, 0.29) is 53.4 Å². The van der Waals surface area contributed by atoms with Gasteiger partial charge in [0.25, 0.3) is 0 Å². The molecule has 3 aromatic carbocycles. The molecule has 31 heavy (non-hydrogen) atoms. The molecule has 1 atom stereocenters. The summed E-state index contributed by atoms with van der Waals surface area (Å²) in [5, 5.41) is 2.69. The number of allylic oxidation sites excluding steroid dienone is 4. The van der Waals surface area contributed by atoms with Crippen LogP contribution in [-0.2, 0) is 23.3 Å². The van der Waals surface area contributed by atoms with Crippen LogP contribution in [0.1, 0.15) is 33.3 Å². The van der Waals surface area contributed by atoms with Crippen LogP contribution in [0, 0.1) is 18.9 Å². The van der Waals surface area contributed by atoms with Crippen LogP contribution >= 0.6 is 48.0 Å². The van der Waals surface area contributed by atoms with Crippen molar-refractivity contribution in [3.8, 4) is 11.1 Å². The zero-order chi connectivity index (χ0) is 21.6. The van der Waals surface area contributed by atoms with Crippen molar-refractivity contribution in [1.82, 2.24) is 0 Å². The Balaban J connectivity index is 0.000000516. The second kappa shape index (κ2) is 15.1. The fourth-order valence-corrected chi connectivity index (χ4v) is 3.42. The minimum absolute atomic E-state index is 0. The van der Waals surface area contributed by atoms with E-state index >= 15 is 0 Å². The third-order valence-corrected chi connectivity index (χ3v) is 5.22. The smallest absolute Gasteiger partial charge is 0.0279 e. The van der Waals surface area contributed by atoms with Gasteiger partial charge in [0.05, 0.1) is 0 Å². The molecule has 4 rings (SSSR count). The second-order valence-electron chi connectivity index (χ2n) is 8.01. The Morgan fingerprint density at radius 2 is 1.48 bits per heavy atom.